The van der Waals surface area contributed by atoms with E-state index in [-0.39, 0.29) is 16.5 Å². The Morgan fingerprint density at radius 2 is 1.94 bits per heavy atom. The number of rotatable bonds is 2. The van der Waals surface area contributed by atoms with Gasteiger partial charge in [0, 0.05) is 5.56 Å². The molecule has 0 saturated carbocycles. The number of benzene rings is 1. The van der Waals surface area contributed by atoms with Crippen LogP contribution in [-0.4, -0.2) is 5.11 Å². The molecule has 1 N–H and O–H groups in total. The fraction of sp³-hybridized carbons (Fsp3) is 0.0909. The fourth-order valence-electron chi connectivity index (χ4n) is 1.36. The van der Waals surface area contributed by atoms with Crippen LogP contribution < -0.4 is 0 Å². The van der Waals surface area contributed by atoms with Gasteiger partial charge in [0.25, 0.3) is 0 Å². The van der Waals surface area contributed by atoms with E-state index in [1.165, 1.54) is 24.3 Å². The summed E-state index contributed by atoms with van der Waals surface area (Å²) in [6, 6.07) is 6.37. The van der Waals surface area contributed by atoms with Crippen molar-refractivity contribution in [2.24, 2.45) is 0 Å². The highest BCUT2D eigenvalue weighted by molar-refractivity contribution is 6.28. The third-order valence-electron chi connectivity index (χ3n) is 2.14. The van der Waals surface area contributed by atoms with Crippen LogP contribution in [0.5, 0.6) is 0 Å². The molecule has 5 heteroatoms. The van der Waals surface area contributed by atoms with Crippen molar-refractivity contribution in [2.75, 3.05) is 0 Å². The summed E-state index contributed by atoms with van der Waals surface area (Å²) in [4.78, 5) is 0. The molecule has 2 aromatic rings. The van der Waals surface area contributed by atoms with Gasteiger partial charge in [-0.3, -0.25) is 0 Å². The van der Waals surface area contributed by atoms with E-state index in [1.807, 2.05) is 0 Å². The smallest absolute Gasteiger partial charge is 0.193 e. The Morgan fingerprint density at radius 3 is 2.56 bits per heavy atom. The number of furan rings is 1. The van der Waals surface area contributed by atoms with Gasteiger partial charge in [0.1, 0.15) is 11.9 Å². The molecule has 1 heterocycles. The highest BCUT2D eigenvalue weighted by atomic mass is 35.5. The Kier molecular flexibility index (Phi) is 2.94. The highest BCUT2D eigenvalue weighted by Crippen LogP contribution is 2.28. The number of aliphatic hydroxyl groups is 1. The van der Waals surface area contributed by atoms with Gasteiger partial charge >= 0.3 is 0 Å². The van der Waals surface area contributed by atoms with Crippen molar-refractivity contribution in [1.29, 1.82) is 0 Å². The molecule has 1 atom stereocenters. The average molecular weight is 245 g/mol. The zero-order valence-electron chi connectivity index (χ0n) is 7.95. The van der Waals surface area contributed by atoms with E-state index in [4.69, 9.17) is 16.0 Å². The summed E-state index contributed by atoms with van der Waals surface area (Å²) in [5.74, 6) is -2.05. The Morgan fingerprint density at radius 1 is 1.19 bits per heavy atom. The Hall–Kier alpha value is -1.39. The van der Waals surface area contributed by atoms with Gasteiger partial charge in [-0.25, -0.2) is 8.78 Å². The SMILES string of the molecule is OC(c1ccc(Cl)o1)c1cccc(F)c1F. The zero-order chi connectivity index (χ0) is 11.7. The van der Waals surface area contributed by atoms with Crippen LogP contribution in [0.3, 0.4) is 0 Å². The molecule has 0 bridgehead atoms. The summed E-state index contributed by atoms with van der Waals surface area (Å²) in [6.07, 6.45) is -1.37. The van der Waals surface area contributed by atoms with E-state index in [0.29, 0.717) is 0 Å². The molecular weight excluding hydrogens is 238 g/mol. The summed E-state index contributed by atoms with van der Waals surface area (Å²) in [6.45, 7) is 0. The molecule has 1 aromatic carbocycles. The third-order valence-corrected chi connectivity index (χ3v) is 2.34. The normalized spacial score (nSPS) is 12.8. The van der Waals surface area contributed by atoms with Crippen molar-refractivity contribution >= 4 is 11.6 Å². The minimum atomic E-state index is -1.37. The summed E-state index contributed by atoms with van der Waals surface area (Å²) < 4.78 is 31.2. The molecule has 0 spiro atoms. The van der Waals surface area contributed by atoms with E-state index in [0.717, 1.165) is 6.07 Å². The van der Waals surface area contributed by atoms with E-state index in [2.05, 4.69) is 0 Å². The molecule has 2 nitrogen and oxygen atoms in total. The van der Waals surface area contributed by atoms with E-state index in [9.17, 15) is 13.9 Å². The molecule has 16 heavy (non-hydrogen) atoms. The van der Waals surface area contributed by atoms with Gasteiger partial charge in [-0.2, -0.15) is 0 Å². The molecule has 1 aromatic heterocycles. The number of halogens is 3. The first-order chi connectivity index (χ1) is 7.59. The first-order valence-corrected chi connectivity index (χ1v) is 4.84. The molecule has 1 unspecified atom stereocenters. The Bertz CT molecular complexity index is 510. The second-order valence-electron chi connectivity index (χ2n) is 3.19. The van der Waals surface area contributed by atoms with Gasteiger partial charge < -0.3 is 9.52 Å². The van der Waals surface area contributed by atoms with Crippen LogP contribution in [0.1, 0.15) is 17.4 Å². The molecule has 2 rings (SSSR count). The lowest BCUT2D eigenvalue weighted by molar-refractivity contribution is 0.183. The topological polar surface area (TPSA) is 33.4 Å². The molecule has 0 saturated heterocycles. The number of hydrogen-bond donors (Lipinski definition) is 1. The molecule has 0 aliphatic rings. The lowest BCUT2D eigenvalue weighted by Gasteiger charge is -2.09. The minimum absolute atomic E-state index is 0.0644. The zero-order valence-corrected chi connectivity index (χ0v) is 8.71. The quantitative estimate of drug-likeness (QED) is 0.879. The molecule has 0 fully saturated rings. The maximum atomic E-state index is 13.3. The van der Waals surface area contributed by atoms with Gasteiger partial charge in [-0.1, -0.05) is 12.1 Å². The molecule has 0 aliphatic heterocycles. The maximum Gasteiger partial charge on any atom is 0.193 e. The van der Waals surface area contributed by atoms with Gasteiger partial charge in [-0.05, 0) is 29.8 Å². The van der Waals surface area contributed by atoms with Crippen molar-refractivity contribution in [1.82, 2.24) is 0 Å². The summed E-state index contributed by atoms with van der Waals surface area (Å²) >= 11 is 5.52. The van der Waals surface area contributed by atoms with Crippen LogP contribution in [0, 0.1) is 11.6 Å². The highest BCUT2D eigenvalue weighted by Gasteiger charge is 2.20. The van der Waals surface area contributed by atoms with Crippen molar-refractivity contribution in [3.8, 4) is 0 Å². The maximum absolute atomic E-state index is 13.3. The van der Waals surface area contributed by atoms with E-state index < -0.39 is 17.7 Å². The second kappa shape index (κ2) is 4.23. The van der Waals surface area contributed by atoms with E-state index in [1.54, 1.807) is 0 Å². The Labute approximate surface area is 95.1 Å². The van der Waals surface area contributed by atoms with Gasteiger partial charge in [0.2, 0.25) is 0 Å². The predicted molar refractivity (Wildman–Crippen MR) is 54.1 cm³/mol. The van der Waals surface area contributed by atoms with Gasteiger partial charge in [-0.15, -0.1) is 0 Å². The first-order valence-electron chi connectivity index (χ1n) is 4.47. The monoisotopic (exact) mass is 244 g/mol. The van der Waals surface area contributed by atoms with Crippen molar-refractivity contribution in [3.05, 3.63) is 58.5 Å². The number of hydrogen-bond acceptors (Lipinski definition) is 2. The second-order valence-corrected chi connectivity index (χ2v) is 3.56. The average Bonchev–Trinajstić information content (AvgIpc) is 2.68. The van der Waals surface area contributed by atoms with Crippen LogP contribution >= 0.6 is 11.6 Å². The minimum Gasteiger partial charge on any atom is -0.447 e. The van der Waals surface area contributed by atoms with Crippen molar-refractivity contribution < 1.29 is 18.3 Å². The molecule has 0 radical (unpaired) electrons. The van der Waals surface area contributed by atoms with Crippen LogP contribution in [-0.2, 0) is 0 Å². The fourth-order valence-corrected chi connectivity index (χ4v) is 1.51. The largest absolute Gasteiger partial charge is 0.447 e. The molecule has 84 valence electrons. The summed E-state index contributed by atoms with van der Waals surface area (Å²) in [7, 11) is 0. The first kappa shape index (κ1) is 11.1. The summed E-state index contributed by atoms with van der Waals surface area (Å²) in [5, 5.41) is 9.83. The van der Waals surface area contributed by atoms with E-state index >= 15 is 0 Å². The van der Waals surface area contributed by atoms with Crippen LogP contribution in [0.15, 0.2) is 34.7 Å². The lowest BCUT2D eigenvalue weighted by atomic mass is 10.1. The lowest BCUT2D eigenvalue weighted by Crippen LogP contribution is -2.02. The third kappa shape index (κ3) is 1.94. The standard InChI is InChI=1S/C11H7ClF2O2/c12-9-5-4-8(16-9)11(15)6-2-1-3-7(13)10(6)14/h1-5,11,15H. The number of aliphatic hydroxyl groups excluding tert-OH is 1. The Balaban J connectivity index is 2.41. The van der Waals surface area contributed by atoms with Crippen LogP contribution in [0.25, 0.3) is 0 Å². The van der Waals surface area contributed by atoms with Crippen LogP contribution in [0.4, 0.5) is 8.78 Å². The van der Waals surface area contributed by atoms with Crippen LogP contribution in [0.2, 0.25) is 5.22 Å². The van der Waals surface area contributed by atoms with Crippen molar-refractivity contribution in [2.45, 2.75) is 6.10 Å². The molecule has 0 amide bonds. The molecule has 0 aliphatic carbocycles. The van der Waals surface area contributed by atoms with Crippen molar-refractivity contribution in [3.63, 3.8) is 0 Å². The predicted octanol–water partition coefficient (Wildman–Crippen LogP) is 3.29. The van der Waals surface area contributed by atoms with Gasteiger partial charge in [0.05, 0.1) is 0 Å². The summed E-state index contributed by atoms with van der Waals surface area (Å²) in [5.41, 5.74) is -0.189. The molecular formula is C11H7ClF2O2. The van der Waals surface area contributed by atoms with Gasteiger partial charge in [0.15, 0.2) is 16.9 Å².